The van der Waals surface area contributed by atoms with Crippen LogP contribution in [0, 0.1) is 17.1 Å². The number of pyridine rings is 1. The average molecular weight is 358 g/mol. The molecule has 0 unspecified atom stereocenters. The minimum Gasteiger partial charge on any atom is -0.382 e. The molecule has 0 bridgehead atoms. The third-order valence-electron chi connectivity index (χ3n) is 4.31. The first-order valence-corrected chi connectivity index (χ1v) is 8.26. The van der Waals surface area contributed by atoms with Crippen LogP contribution in [0.4, 0.5) is 16.0 Å². The fourth-order valence-corrected chi connectivity index (χ4v) is 3.11. The molecule has 1 aromatic carbocycles. The zero-order valence-corrected chi connectivity index (χ0v) is 14.2. The van der Waals surface area contributed by atoms with Crippen LogP contribution in [0.1, 0.15) is 11.1 Å². The molecule has 3 heterocycles. The summed E-state index contributed by atoms with van der Waals surface area (Å²) >= 11 is 0. The van der Waals surface area contributed by atoms with Gasteiger partial charge in [0, 0.05) is 24.5 Å². The van der Waals surface area contributed by atoms with Crippen LogP contribution < -0.4 is 11.1 Å². The molecule has 7 heteroatoms. The number of nitrogens with zero attached hydrogens (tertiary/aromatic N) is 4. The number of anilines is 2. The number of fused-ring (bicyclic) bond motifs is 1. The molecule has 4 aromatic rings. The zero-order valence-electron chi connectivity index (χ0n) is 14.2. The van der Waals surface area contributed by atoms with Gasteiger partial charge in [-0.3, -0.25) is 0 Å². The Hall–Kier alpha value is -3.92. The molecule has 0 aliphatic heterocycles. The zero-order chi connectivity index (χ0) is 18.8. The van der Waals surface area contributed by atoms with Crippen LogP contribution in [0.25, 0.3) is 16.6 Å². The Morgan fingerprint density at radius 2 is 2.07 bits per heavy atom. The predicted molar refractivity (Wildman–Crippen MR) is 101 cm³/mol. The second-order valence-electron chi connectivity index (χ2n) is 5.98. The molecule has 0 radical (unpaired) electrons. The summed E-state index contributed by atoms with van der Waals surface area (Å²) in [6.45, 7) is 0.388. The third kappa shape index (κ3) is 3.04. The Morgan fingerprint density at radius 1 is 1.19 bits per heavy atom. The maximum atomic E-state index is 13.8. The van der Waals surface area contributed by atoms with Crippen molar-refractivity contribution in [3.63, 3.8) is 0 Å². The molecule has 132 valence electrons. The third-order valence-corrected chi connectivity index (χ3v) is 4.31. The average Bonchev–Trinajstić information content (AvgIpc) is 3.04. The van der Waals surface area contributed by atoms with Crippen LogP contribution in [0.2, 0.25) is 0 Å². The van der Waals surface area contributed by atoms with Gasteiger partial charge in [0.1, 0.15) is 35.4 Å². The van der Waals surface area contributed by atoms with Crippen molar-refractivity contribution >= 4 is 17.2 Å². The van der Waals surface area contributed by atoms with Crippen molar-refractivity contribution in [1.82, 2.24) is 14.4 Å². The molecule has 0 saturated heterocycles. The van der Waals surface area contributed by atoms with E-state index in [1.165, 1.54) is 18.5 Å². The molecule has 27 heavy (non-hydrogen) atoms. The number of nitrogen functional groups attached to an aromatic ring is 1. The van der Waals surface area contributed by atoms with Crippen LogP contribution in [-0.2, 0) is 6.54 Å². The summed E-state index contributed by atoms with van der Waals surface area (Å²) < 4.78 is 15.8. The summed E-state index contributed by atoms with van der Waals surface area (Å²) in [4.78, 5) is 7.94. The van der Waals surface area contributed by atoms with Crippen molar-refractivity contribution in [1.29, 1.82) is 5.26 Å². The van der Waals surface area contributed by atoms with E-state index < -0.39 is 0 Å². The van der Waals surface area contributed by atoms with E-state index in [1.54, 1.807) is 6.07 Å². The lowest BCUT2D eigenvalue weighted by molar-refractivity contribution is 0.628. The first kappa shape index (κ1) is 16.5. The van der Waals surface area contributed by atoms with Gasteiger partial charge in [-0.1, -0.05) is 18.2 Å². The molecule has 6 nitrogen and oxygen atoms in total. The maximum absolute atomic E-state index is 13.8. The first-order valence-electron chi connectivity index (χ1n) is 8.26. The van der Waals surface area contributed by atoms with Crippen LogP contribution in [0.3, 0.4) is 0 Å². The quantitative estimate of drug-likeness (QED) is 0.581. The highest BCUT2D eigenvalue weighted by Crippen LogP contribution is 2.31. The van der Waals surface area contributed by atoms with Gasteiger partial charge >= 0.3 is 0 Å². The maximum Gasteiger partial charge on any atom is 0.149 e. The van der Waals surface area contributed by atoms with E-state index in [0.717, 1.165) is 22.2 Å². The number of nitriles is 1. The van der Waals surface area contributed by atoms with Crippen LogP contribution in [0.15, 0.2) is 61.2 Å². The fraction of sp³-hybridized carbons (Fsp3) is 0.0500. The number of hydrogen-bond donors (Lipinski definition) is 2. The number of nitrogens with two attached hydrogens (primary N) is 1. The fourth-order valence-electron chi connectivity index (χ4n) is 3.11. The van der Waals surface area contributed by atoms with Crippen molar-refractivity contribution in [3.8, 4) is 17.2 Å². The van der Waals surface area contributed by atoms with Crippen molar-refractivity contribution in [2.24, 2.45) is 0 Å². The molecular weight excluding hydrogens is 343 g/mol. The van der Waals surface area contributed by atoms with E-state index in [1.807, 2.05) is 47.1 Å². The molecule has 3 aromatic heterocycles. The van der Waals surface area contributed by atoms with Crippen molar-refractivity contribution < 1.29 is 4.39 Å². The molecule has 0 amide bonds. The summed E-state index contributed by atoms with van der Waals surface area (Å²) in [7, 11) is 0. The van der Waals surface area contributed by atoms with Gasteiger partial charge in [0.2, 0.25) is 0 Å². The normalized spacial score (nSPS) is 10.7. The predicted octanol–water partition coefficient (Wildman–Crippen LogP) is 3.60. The van der Waals surface area contributed by atoms with Crippen molar-refractivity contribution in [3.05, 3.63) is 78.1 Å². The SMILES string of the molecule is N#Cc1c(N)ncnc1NCc1cn2ccccc2c1-c1cccc(F)c1. The van der Waals surface area contributed by atoms with Gasteiger partial charge in [0.25, 0.3) is 0 Å². The van der Waals surface area contributed by atoms with E-state index in [0.29, 0.717) is 12.4 Å². The molecule has 0 spiro atoms. The summed E-state index contributed by atoms with van der Waals surface area (Å²) in [6, 6.07) is 14.3. The lowest BCUT2D eigenvalue weighted by Crippen LogP contribution is -2.06. The number of halogens is 1. The van der Waals surface area contributed by atoms with Gasteiger partial charge in [0.05, 0.1) is 5.52 Å². The Bertz CT molecular complexity index is 1170. The minimum atomic E-state index is -0.294. The first-order chi connectivity index (χ1) is 13.2. The summed E-state index contributed by atoms with van der Waals surface area (Å²) in [5, 5.41) is 12.4. The van der Waals surface area contributed by atoms with Crippen LogP contribution >= 0.6 is 0 Å². The topological polar surface area (TPSA) is 92.0 Å². The molecule has 0 aliphatic carbocycles. The second kappa shape index (κ2) is 6.77. The summed E-state index contributed by atoms with van der Waals surface area (Å²) in [6.07, 6.45) is 5.21. The molecular formula is C20H15FN6. The number of hydrogen-bond acceptors (Lipinski definition) is 5. The smallest absolute Gasteiger partial charge is 0.149 e. The van der Waals surface area contributed by atoms with E-state index in [4.69, 9.17) is 5.73 Å². The van der Waals surface area contributed by atoms with Gasteiger partial charge in [-0.25, -0.2) is 14.4 Å². The van der Waals surface area contributed by atoms with Gasteiger partial charge in [-0.05, 0) is 35.4 Å². The highest BCUT2D eigenvalue weighted by Gasteiger charge is 2.15. The van der Waals surface area contributed by atoms with Gasteiger partial charge in [-0.15, -0.1) is 0 Å². The van der Waals surface area contributed by atoms with Gasteiger partial charge in [-0.2, -0.15) is 5.26 Å². The van der Waals surface area contributed by atoms with E-state index in [-0.39, 0.29) is 17.2 Å². The van der Waals surface area contributed by atoms with Gasteiger partial charge in [0.15, 0.2) is 0 Å². The summed E-state index contributed by atoms with van der Waals surface area (Å²) in [5.41, 5.74) is 9.54. The largest absolute Gasteiger partial charge is 0.382 e. The Morgan fingerprint density at radius 3 is 2.89 bits per heavy atom. The Labute approximate surface area is 154 Å². The molecule has 0 fully saturated rings. The van der Waals surface area contributed by atoms with Crippen molar-refractivity contribution in [2.45, 2.75) is 6.54 Å². The second-order valence-corrected chi connectivity index (χ2v) is 5.98. The standard InChI is InChI=1S/C20H15FN6/c21-15-5-3-4-13(8-15)18-14(11-27-7-2-1-6-17(18)27)10-24-20-16(9-22)19(23)25-12-26-20/h1-8,11-12H,10H2,(H3,23,24,25,26). The molecule has 4 rings (SSSR count). The highest BCUT2D eigenvalue weighted by atomic mass is 19.1. The number of nitrogens with one attached hydrogen (secondary N) is 1. The Balaban J connectivity index is 1.78. The van der Waals surface area contributed by atoms with E-state index in [2.05, 4.69) is 15.3 Å². The van der Waals surface area contributed by atoms with Gasteiger partial charge < -0.3 is 15.5 Å². The van der Waals surface area contributed by atoms with E-state index >= 15 is 0 Å². The lowest BCUT2D eigenvalue weighted by atomic mass is 10.0. The molecule has 0 aliphatic rings. The lowest BCUT2D eigenvalue weighted by Gasteiger charge is -2.09. The molecule has 0 atom stereocenters. The van der Waals surface area contributed by atoms with E-state index in [9.17, 15) is 9.65 Å². The van der Waals surface area contributed by atoms with Crippen LogP contribution in [-0.4, -0.2) is 14.4 Å². The molecule has 0 saturated carbocycles. The Kier molecular flexibility index (Phi) is 4.15. The molecule has 3 N–H and O–H groups in total. The van der Waals surface area contributed by atoms with Crippen LogP contribution in [0.5, 0.6) is 0 Å². The highest BCUT2D eigenvalue weighted by molar-refractivity contribution is 5.84. The monoisotopic (exact) mass is 358 g/mol. The minimum absolute atomic E-state index is 0.127. The number of aromatic nitrogens is 3. The van der Waals surface area contributed by atoms with Crippen molar-refractivity contribution in [2.75, 3.05) is 11.1 Å². The number of benzene rings is 1. The summed E-state index contributed by atoms with van der Waals surface area (Å²) in [5.74, 6) is 0.199. The number of rotatable bonds is 4.